The summed E-state index contributed by atoms with van der Waals surface area (Å²) in [5.41, 5.74) is 2.23. The summed E-state index contributed by atoms with van der Waals surface area (Å²) in [7, 11) is 1.72. The second-order valence-corrected chi connectivity index (χ2v) is 10.2. The first-order chi connectivity index (χ1) is 15.9. The van der Waals surface area contributed by atoms with Crippen molar-refractivity contribution < 1.29 is 9.53 Å². The Morgan fingerprint density at radius 3 is 2.85 bits per heavy atom. The summed E-state index contributed by atoms with van der Waals surface area (Å²) < 4.78 is 5.54. The molecule has 1 amide bonds. The molecular formula is C27H32Cl2N2O2. The predicted molar refractivity (Wildman–Crippen MR) is 135 cm³/mol. The Kier molecular flexibility index (Phi) is 7.68. The number of ether oxygens (including phenoxy) is 1. The standard InChI is InChI=1S/C27H32Cl2N2O2/c1-3-12-31-13-11-27(20-5-4-6-23(16-20)33-2)17-22(9-8-21(27)18-31)30-26(32)15-19-7-10-24(28)25(29)14-19/h3-7,10,14,16,21-22H,1,8-9,11-13,15,17-18H2,2H3,(H,30,32). The minimum absolute atomic E-state index is 0.0294. The van der Waals surface area contributed by atoms with Gasteiger partial charge in [-0.05, 0) is 73.5 Å². The number of amides is 1. The van der Waals surface area contributed by atoms with Crippen molar-refractivity contribution in [3.63, 3.8) is 0 Å². The molecule has 4 nitrogen and oxygen atoms in total. The molecule has 6 heteroatoms. The number of rotatable bonds is 7. The van der Waals surface area contributed by atoms with E-state index in [1.165, 1.54) is 5.56 Å². The predicted octanol–water partition coefficient (Wildman–Crippen LogP) is 5.66. The number of hydrogen-bond donors (Lipinski definition) is 1. The highest BCUT2D eigenvalue weighted by Gasteiger charge is 2.48. The number of fused-ring (bicyclic) bond motifs is 1. The Morgan fingerprint density at radius 2 is 2.09 bits per heavy atom. The van der Waals surface area contributed by atoms with Gasteiger partial charge in [0.15, 0.2) is 0 Å². The molecule has 1 N–H and O–H groups in total. The lowest BCUT2D eigenvalue weighted by atomic mass is 9.58. The van der Waals surface area contributed by atoms with Crippen molar-refractivity contribution >= 4 is 29.1 Å². The molecule has 2 aromatic rings. The SMILES string of the molecule is C=CCN1CCC2(c3cccc(OC)c3)CC(NC(=O)Cc3ccc(Cl)c(Cl)c3)CCC2C1. The molecule has 1 aliphatic heterocycles. The van der Waals surface area contributed by atoms with Crippen LogP contribution in [-0.2, 0) is 16.6 Å². The summed E-state index contributed by atoms with van der Waals surface area (Å²) in [4.78, 5) is 15.4. The third-order valence-corrected chi connectivity index (χ3v) is 8.09. The van der Waals surface area contributed by atoms with Crippen LogP contribution in [0.4, 0.5) is 0 Å². The smallest absolute Gasteiger partial charge is 0.224 e. The molecule has 1 saturated heterocycles. The molecule has 1 aliphatic carbocycles. The zero-order valence-corrected chi connectivity index (χ0v) is 20.7. The van der Waals surface area contributed by atoms with E-state index < -0.39 is 0 Å². The summed E-state index contributed by atoms with van der Waals surface area (Å²) in [6.07, 6.45) is 6.38. The van der Waals surface area contributed by atoms with Gasteiger partial charge in [0.1, 0.15) is 5.75 Å². The maximum absolute atomic E-state index is 12.9. The molecule has 2 aromatic carbocycles. The number of piperidine rings is 1. The van der Waals surface area contributed by atoms with Crippen LogP contribution in [0.15, 0.2) is 55.1 Å². The summed E-state index contributed by atoms with van der Waals surface area (Å²) in [5.74, 6) is 1.46. The van der Waals surface area contributed by atoms with Crippen LogP contribution in [0.3, 0.4) is 0 Å². The topological polar surface area (TPSA) is 41.6 Å². The molecule has 4 rings (SSSR count). The fourth-order valence-electron chi connectivity index (χ4n) is 5.74. The van der Waals surface area contributed by atoms with Gasteiger partial charge < -0.3 is 10.1 Å². The van der Waals surface area contributed by atoms with E-state index in [1.807, 2.05) is 18.2 Å². The molecule has 3 atom stereocenters. The molecule has 2 fully saturated rings. The van der Waals surface area contributed by atoms with Crippen LogP contribution in [0.5, 0.6) is 5.75 Å². The molecule has 176 valence electrons. The van der Waals surface area contributed by atoms with Gasteiger partial charge in [-0.15, -0.1) is 6.58 Å². The van der Waals surface area contributed by atoms with Gasteiger partial charge in [0, 0.05) is 24.5 Å². The van der Waals surface area contributed by atoms with E-state index in [4.69, 9.17) is 27.9 Å². The molecule has 0 radical (unpaired) electrons. The van der Waals surface area contributed by atoms with Crippen molar-refractivity contribution in [1.82, 2.24) is 10.2 Å². The minimum atomic E-state index is 0.0294. The number of nitrogens with zero attached hydrogens (tertiary/aromatic N) is 1. The van der Waals surface area contributed by atoms with E-state index in [-0.39, 0.29) is 17.4 Å². The van der Waals surface area contributed by atoms with Crippen LogP contribution in [0.2, 0.25) is 10.0 Å². The Hall–Kier alpha value is -2.01. The molecule has 0 spiro atoms. The number of carbonyl (C=O) groups excluding carboxylic acids is 1. The maximum Gasteiger partial charge on any atom is 0.224 e. The van der Waals surface area contributed by atoms with Gasteiger partial charge >= 0.3 is 0 Å². The fourth-order valence-corrected chi connectivity index (χ4v) is 6.06. The van der Waals surface area contributed by atoms with Crippen molar-refractivity contribution in [2.24, 2.45) is 5.92 Å². The van der Waals surface area contributed by atoms with E-state index in [0.717, 1.165) is 56.6 Å². The number of benzene rings is 2. The minimum Gasteiger partial charge on any atom is -0.497 e. The van der Waals surface area contributed by atoms with Crippen LogP contribution < -0.4 is 10.1 Å². The van der Waals surface area contributed by atoms with Crippen LogP contribution in [0.25, 0.3) is 0 Å². The first kappa shape index (κ1) is 24.1. The lowest BCUT2D eigenvalue weighted by Crippen LogP contribution is -2.56. The van der Waals surface area contributed by atoms with Crippen LogP contribution in [0.1, 0.15) is 36.8 Å². The van der Waals surface area contributed by atoms with Gasteiger partial charge in [-0.1, -0.05) is 47.5 Å². The number of carbonyl (C=O) groups is 1. The lowest BCUT2D eigenvalue weighted by molar-refractivity contribution is -0.121. The highest BCUT2D eigenvalue weighted by atomic mass is 35.5. The molecule has 33 heavy (non-hydrogen) atoms. The van der Waals surface area contributed by atoms with Crippen molar-refractivity contribution in [3.05, 3.63) is 76.3 Å². The molecule has 1 heterocycles. The Balaban J connectivity index is 1.52. The van der Waals surface area contributed by atoms with Crippen molar-refractivity contribution in [3.8, 4) is 5.75 Å². The van der Waals surface area contributed by atoms with Crippen LogP contribution in [0, 0.1) is 5.92 Å². The highest BCUT2D eigenvalue weighted by molar-refractivity contribution is 6.42. The summed E-state index contributed by atoms with van der Waals surface area (Å²) in [6, 6.07) is 14.0. The molecule has 1 saturated carbocycles. The Morgan fingerprint density at radius 1 is 1.24 bits per heavy atom. The van der Waals surface area contributed by atoms with E-state index in [9.17, 15) is 4.79 Å². The lowest BCUT2D eigenvalue weighted by Gasteiger charge is -2.53. The Labute approximate surface area is 206 Å². The number of likely N-dealkylation sites (tertiary alicyclic amines) is 1. The van der Waals surface area contributed by atoms with Crippen molar-refractivity contribution in [1.29, 1.82) is 0 Å². The molecule has 0 bridgehead atoms. The van der Waals surface area contributed by atoms with E-state index in [1.54, 1.807) is 19.2 Å². The van der Waals surface area contributed by atoms with Gasteiger partial charge in [0.25, 0.3) is 0 Å². The molecule has 3 unspecified atom stereocenters. The first-order valence-corrected chi connectivity index (χ1v) is 12.4. The van der Waals surface area contributed by atoms with Crippen LogP contribution >= 0.6 is 23.2 Å². The quantitative estimate of drug-likeness (QED) is 0.513. The molecular weight excluding hydrogens is 455 g/mol. The summed E-state index contributed by atoms with van der Waals surface area (Å²) in [5, 5.41) is 4.30. The normalized spacial score (nSPS) is 25.2. The average Bonchev–Trinajstić information content (AvgIpc) is 2.81. The number of methoxy groups -OCH3 is 1. The summed E-state index contributed by atoms with van der Waals surface area (Å²) >= 11 is 12.1. The maximum atomic E-state index is 12.9. The number of halogens is 2. The zero-order valence-electron chi connectivity index (χ0n) is 19.2. The van der Waals surface area contributed by atoms with E-state index >= 15 is 0 Å². The van der Waals surface area contributed by atoms with Crippen molar-refractivity contribution in [2.75, 3.05) is 26.7 Å². The van der Waals surface area contributed by atoms with Crippen LogP contribution in [-0.4, -0.2) is 43.6 Å². The molecule has 2 aliphatic rings. The zero-order chi connectivity index (χ0) is 23.4. The third-order valence-electron chi connectivity index (χ3n) is 7.35. The average molecular weight is 487 g/mol. The monoisotopic (exact) mass is 486 g/mol. The second-order valence-electron chi connectivity index (χ2n) is 9.35. The van der Waals surface area contributed by atoms with Crippen molar-refractivity contribution in [2.45, 2.75) is 43.6 Å². The highest BCUT2D eigenvalue weighted by Crippen LogP contribution is 2.49. The van der Waals surface area contributed by atoms with Gasteiger partial charge in [0.2, 0.25) is 5.91 Å². The molecule has 0 aromatic heterocycles. The third kappa shape index (κ3) is 5.40. The van der Waals surface area contributed by atoms with Gasteiger partial charge in [-0.25, -0.2) is 0 Å². The van der Waals surface area contributed by atoms with E-state index in [2.05, 4.69) is 35.0 Å². The second kappa shape index (κ2) is 10.5. The summed E-state index contributed by atoms with van der Waals surface area (Å²) in [6.45, 7) is 6.94. The Bertz CT molecular complexity index is 1010. The fraction of sp³-hybridized carbons (Fsp3) is 0.444. The number of hydrogen-bond acceptors (Lipinski definition) is 3. The van der Waals surface area contributed by atoms with E-state index in [0.29, 0.717) is 22.4 Å². The van der Waals surface area contributed by atoms with Gasteiger partial charge in [-0.2, -0.15) is 0 Å². The van der Waals surface area contributed by atoms with Gasteiger partial charge in [0.05, 0.1) is 23.6 Å². The van der Waals surface area contributed by atoms with Gasteiger partial charge in [-0.3, -0.25) is 9.69 Å². The largest absolute Gasteiger partial charge is 0.497 e. The first-order valence-electron chi connectivity index (χ1n) is 11.6. The number of nitrogens with one attached hydrogen (secondary N) is 1.